The molecule has 0 amide bonds. The molecule has 1 fully saturated rings. The third-order valence-electron chi connectivity index (χ3n) is 3.27. The molecule has 16 heavy (non-hydrogen) atoms. The number of hydrogen-bond donors (Lipinski definition) is 1. The molecule has 0 radical (unpaired) electrons. The Balaban J connectivity index is 1.94. The molecule has 0 atom stereocenters. The molecule has 1 aliphatic rings. The van der Waals surface area contributed by atoms with E-state index in [0.29, 0.717) is 5.69 Å². The summed E-state index contributed by atoms with van der Waals surface area (Å²) in [6, 6.07) is 3.75. The van der Waals surface area contributed by atoms with Gasteiger partial charge in [0.1, 0.15) is 0 Å². The van der Waals surface area contributed by atoms with Crippen LogP contribution in [0.25, 0.3) is 0 Å². The molecule has 88 valence electrons. The molecule has 0 aromatic carbocycles. The summed E-state index contributed by atoms with van der Waals surface area (Å²) in [7, 11) is 2.06. The lowest BCUT2D eigenvalue weighted by Gasteiger charge is -2.21. The molecular weight excluding hydrogens is 202 g/mol. The van der Waals surface area contributed by atoms with Crippen LogP contribution in [0.4, 0.5) is 5.82 Å². The van der Waals surface area contributed by atoms with Gasteiger partial charge in [0.05, 0.1) is 12.3 Å². The minimum Gasteiger partial charge on any atom is -0.390 e. The van der Waals surface area contributed by atoms with Crippen molar-refractivity contribution in [2.45, 2.75) is 32.3 Å². The van der Waals surface area contributed by atoms with Crippen LogP contribution in [0.1, 0.15) is 31.4 Å². The Hall–Kier alpha value is -1.16. The van der Waals surface area contributed by atoms with Crippen molar-refractivity contribution in [3.05, 3.63) is 17.8 Å². The zero-order valence-corrected chi connectivity index (χ0v) is 9.76. The van der Waals surface area contributed by atoms with Gasteiger partial charge in [-0.1, -0.05) is 12.8 Å². The monoisotopic (exact) mass is 221 g/mol. The molecule has 1 aliphatic carbocycles. The largest absolute Gasteiger partial charge is 0.390 e. The first-order chi connectivity index (χ1) is 7.79. The summed E-state index contributed by atoms with van der Waals surface area (Å²) in [6.45, 7) is 1.02. The Labute approximate surface area is 96.3 Å². The maximum Gasteiger partial charge on any atom is 0.150 e. The van der Waals surface area contributed by atoms with Gasteiger partial charge in [-0.15, -0.1) is 5.10 Å². The highest BCUT2D eigenvalue weighted by Gasteiger charge is 2.17. The maximum atomic E-state index is 8.88. The van der Waals surface area contributed by atoms with Crippen LogP contribution in [0.2, 0.25) is 0 Å². The van der Waals surface area contributed by atoms with Gasteiger partial charge in [-0.3, -0.25) is 0 Å². The summed E-state index contributed by atoms with van der Waals surface area (Å²) in [4.78, 5) is 2.16. The molecule has 1 heterocycles. The Bertz CT molecular complexity index is 320. The Morgan fingerprint density at radius 1 is 1.31 bits per heavy atom. The minimum atomic E-state index is -0.0420. The van der Waals surface area contributed by atoms with Gasteiger partial charge >= 0.3 is 0 Å². The molecule has 0 spiro atoms. The predicted octanol–water partition coefficient (Wildman–Crippen LogP) is 1.60. The molecule has 0 saturated heterocycles. The average molecular weight is 221 g/mol. The molecule has 1 aromatic heterocycles. The minimum absolute atomic E-state index is 0.0420. The number of aromatic nitrogens is 2. The highest BCUT2D eigenvalue weighted by atomic mass is 16.3. The Morgan fingerprint density at radius 3 is 2.62 bits per heavy atom. The molecule has 1 saturated carbocycles. The van der Waals surface area contributed by atoms with E-state index in [4.69, 9.17) is 5.11 Å². The lowest BCUT2D eigenvalue weighted by molar-refractivity contribution is 0.275. The molecule has 4 heteroatoms. The summed E-state index contributed by atoms with van der Waals surface area (Å²) in [5.74, 6) is 1.70. The fourth-order valence-electron chi connectivity index (χ4n) is 2.31. The fourth-order valence-corrected chi connectivity index (χ4v) is 2.31. The first-order valence-corrected chi connectivity index (χ1v) is 5.94. The summed E-state index contributed by atoms with van der Waals surface area (Å²) < 4.78 is 0. The van der Waals surface area contributed by atoms with E-state index in [1.807, 2.05) is 12.1 Å². The molecule has 1 aromatic rings. The van der Waals surface area contributed by atoms with Gasteiger partial charge in [0.15, 0.2) is 5.82 Å². The first-order valence-electron chi connectivity index (χ1n) is 5.94. The predicted molar refractivity (Wildman–Crippen MR) is 63.2 cm³/mol. The van der Waals surface area contributed by atoms with Crippen molar-refractivity contribution in [1.29, 1.82) is 0 Å². The highest BCUT2D eigenvalue weighted by Crippen LogP contribution is 2.26. The summed E-state index contributed by atoms with van der Waals surface area (Å²) in [5.41, 5.74) is 0.623. The van der Waals surface area contributed by atoms with Crippen LogP contribution in [0, 0.1) is 5.92 Å². The second-order valence-corrected chi connectivity index (χ2v) is 4.57. The maximum absolute atomic E-state index is 8.88. The summed E-state index contributed by atoms with van der Waals surface area (Å²) in [5, 5.41) is 16.9. The fraction of sp³-hybridized carbons (Fsp3) is 0.667. The van der Waals surface area contributed by atoms with Crippen LogP contribution < -0.4 is 4.90 Å². The van der Waals surface area contributed by atoms with E-state index in [9.17, 15) is 0 Å². The molecule has 1 N–H and O–H groups in total. The van der Waals surface area contributed by atoms with Gasteiger partial charge in [-0.05, 0) is 30.9 Å². The smallest absolute Gasteiger partial charge is 0.150 e. The van der Waals surface area contributed by atoms with E-state index in [2.05, 4.69) is 22.1 Å². The van der Waals surface area contributed by atoms with E-state index >= 15 is 0 Å². The van der Waals surface area contributed by atoms with E-state index in [1.165, 1.54) is 25.7 Å². The van der Waals surface area contributed by atoms with Crippen molar-refractivity contribution in [1.82, 2.24) is 10.2 Å². The van der Waals surface area contributed by atoms with Crippen LogP contribution >= 0.6 is 0 Å². The molecule has 0 aliphatic heterocycles. The molecular formula is C12H19N3O. The third kappa shape index (κ3) is 2.70. The molecule has 4 nitrogen and oxygen atoms in total. The van der Waals surface area contributed by atoms with Crippen LogP contribution in [0.3, 0.4) is 0 Å². The lowest BCUT2D eigenvalue weighted by Crippen LogP contribution is -2.25. The number of aliphatic hydroxyl groups excluding tert-OH is 1. The highest BCUT2D eigenvalue weighted by molar-refractivity contribution is 5.36. The number of hydrogen-bond acceptors (Lipinski definition) is 4. The van der Waals surface area contributed by atoms with Crippen molar-refractivity contribution >= 4 is 5.82 Å². The van der Waals surface area contributed by atoms with Gasteiger partial charge in [0.2, 0.25) is 0 Å². The Kier molecular flexibility index (Phi) is 3.72. The van der Waals surface area contributed by atoms with Crippen LogP contribution in [-0.4, -0.2) is 28.9 Å². The normalized spacial score (nSPS) is 16.6. The average Bonchev–Trinajstić information content (AvgIpc) is 2.82. The Morgan fingerprint density at radius 2 is 2.06 bits per heavy atom. The van der Waals surface area contributed by atoms with Crippen LogP contribution in [0.5, 0.6) is 0 Å². The number of anilines is 1. The van der Waals surface area contributed by atoms with Gasteiger partial charge in [-0.25, -0.2) is 0 Å². The van der Waals surface area contributed by atoms with Crippen molar-refractivity contribution in [2.75, 3.05) is 18.5 Å². The molecule has 0 unspecified atom stereocenters. The van der Waals surface area contributed by atoms with Gasteiger partial charge < -0.3 is 10.0 Å². The van der Waals surface area contributed by atoms with Gasteiger partial charge in [0.25, 0.3) is 0 Å². The zero-order valence-electron chi connectivity index (χ0n) is 9.76. The summed E-state index contributed by atoms with van der Waals surface area (Å²) >= 11 is 0. The molecule has 2 rings (SSSR count). The van der Waals surface area contributed by atoms with Crippen molar-refractivity contribution in [2.24, 2.45) is 5.92 Å². The van der Waals surface area contributed by atoms with Gasteiger partial charge in [0, 0.05) is 13.6 Å². The standard InChI is InChI=1S/C12H19N3O/c1-15(8-10-4-2-3-5-10)12-7-6-11(9-16)13-14-12/h6-7,10,16H,2-5,8-9H2,1H3. The zero-order chi connectivity index (χ0) is 11.4. The van der Waals surface area contributed by atoms with Gasteiger partial charge in [-0.2, -0.15) is 5.10 Å². The SMILES string of the molecule is CN(CC1CCCC1)c1ccc(CO)nn1. The first kappa shape index (κ1) is 11.3. The quantitative estimate of drug-likeness (QED) is 0.839. The van der Waals surface area contributed by atoms with Crippen molar-refractivity contribution < 1.29 is 5.11 Å². The van der Waals surface area contributed by atoms with Crippen LogP contribution in [-0.2, 0) is 6.61 Å². The van der Waals surface area contributed by atoms with E-state index < -0.39 is 0 Å². The van der Waals surface area contributed by atoms with Crippen molar-refractivity contribution in [3.63, 3.8) is 0 Å². The summed E-state index contributed by atoms with van der Waals surface area (Å²) in [6.07, 6.45) is 5.42. The number of rotatable bonds is 4. The van der Waals surface area contributed by atoms with E-state index in [1.54, 1.807) is 0 Å². The number of aliphatic hydroxyl groups is 1. The third-order valence-corrected chi connectivity index (χ3v) is 3.27. The molecule has 0 bridgehead atoms. The second kappa shape index (κ2) is 5.25. The van der Waals surface area contributed by atoms with E-state index in [0.717, 1.165) is 18.3 Å². The second-order valence-electron chi connectivity index (χ2n) is 4.57. The van der Waals surface area contributed by atoms with Crippen molar-refractivity contribution in [3.8, 4) is 0 Å². The van der Waals surface area contributed by atoms with Crippen LogP contribution in [0.15, 0.2) is 12.1 Å². The topological polar surface area (TPSA) is 49.2 Å². The number of nitrogens with zero attached hydrogens (tertiary/aromatic N) is 3. The lowest BCUT2D eigenvalue weighted by atomic mass is 10.1. The van der Waals surface area contributed by atoms with E-state index in [-0.39, 0.29) is 6.61 Å².